The van der Waals surface area contributed by atoms with Gasteiger partial charge in [0.05, 0.1) is 16.1 Å². The lowest BCUT2D eigenvalue weighted by Crippen LogP contribution is -2.30. The van der Waals surface area contributed by atoms with Gasteiger partial charge < -0.3 is 4.90 Å². The average molecular weight is 494 g/mol. The lowest BCUT2D eigenvalue weighted by Gasteiger charge is -2.28. The molecule has 0 amide bonds. The fraction of sp³-hybridized carbons (Fsp3) is 0.483. The molecular weight excluding hydrogens is 454 g/mol. The zero-order valence-electron chi connectivity index (χ0n) is 21.3. The van der Waals surface area contributed by atoms with Gasteiger partial charge >= 0.3 is 0 Å². The van der Waals surface area contributed by atoms with E-state index in [1.165, 1.54) is 44.3 Å². The van der Waals surface area contributed by atoms with Crippen LogP contribution in [-0.2, 0) is 22.9 Å². The number of aryl methyl sites for hydroxylation is 1. The Bertz CT molecular complexity index is 1210. The van der Waals surface area contributed by atoms with Crippen molar-refractivity contribution in [2.75, 3.05) is 24.9 Å². The molecule has 1 fully saturated rings. The number of anilines is 1. The van der Waals surface area contributed by atoms with Crippen LogP contribution in [0.15, 0.2) is 59.6 Å². The number of likely N-dealkylation sites (tertiary alicyclic amines) is 1. The third-order valence-corrected chi connectivity index (χ3v) is 8.50. The number of pyridine rings is 1. The molecule has 0 aliphatic carbocycles. The number of hydrogen-bond acceptors (Lipinski definition) is 4. The third-order valence-electron chi connectivity index (χ3n) is 7.14. The largest absolute Gasteiger partial charge is 0.306 e. The number of piperidine rings is 1. The summed E-state index contributed by atoms with van der Waals surface area (Å²) < 4.78 is 29.5. The van der Waals surface area contributed by atoms with E-state index in [0.29, 0.717) is 16.5 Å². The SMILES string of the molecule is CC(C)Cc1ccc2ncccc2c1NS(=O)(=O)c1ccc(CCCCC2CCN(C)CC2)cc1. The van der Waals surface area contributed by atoms with Crippen LogP contribution in [0.5, 0.6) is 0 Å². The standard InChI is InChI=1S/C29H39N3O2S/c1-22(2)21-25-12-15-28-27(9-6-18-30-28)29(25)31-35(33,34)26-13-10-23(11-14-26)7-4-5-8-24-16-19-32(3)20-17-24/h6,9-15,18,22,24,31H,4-5,7-8,16-17,19-21H2,1-3H3. The van der Waals surface area contributed by atoms with Crippen molar-refractivity contribution in [1.82, 2.24) is 9.88 Å². The maximum absolute atomic E-state index is 13.3. The molecule has 0 unspecified atom stereocenters. The molecule has 0 saturated carbocycles. The van der Waals surface area contributed by atoms with E-state index < -0.39 is 10.0 Å². The highest BCUT2D eigenvalue weighted by atomic mass is 32.2. The van der Waals surface area contributed by atoms with Crippen LogP contribution >= 0.6 is 0 Å². The number of sulfonamides is 1. The fourth-order valence-corrected chi connectivity index (χ4v) is 6.19. The Morgan fingerprint density at radius 2 is 1.77 bits per heavy atom. The highest BCUT2D eigenvalue weighted by molar-refractivity contribution is 7.92. The van der Waals surface area contributed by atoms with Gasteiger partial charge in [-0.05, 0) is 106 Å². The van der Waals surface area contributed by atoms with Crippen molar-refractivity contribution < 1.29 is 8.42 Å². The van der Waals surface area contributed by atoms with Gasteiger partial charge in [-0.25, -0.2) is 8.42 Å². The zero-order chi connectivity index (χ0) is 24.8. The van der Waals surface area contributed by atoms with Crippen molar-refractivity contribution in [1.29, 1.82) is 0 Å². The van der Waals surface area contributed by atoms with Crippen LogP contribution in [0.3, 0.4) is 0 Å². The predicted molar refractivity (Wildman–Crippen MR) is 145 cm³/mol. The van der Waals surface area contributed by atoms with Gasteiger partial charge in [-0.1, -0.05) is 44.9 Å². The topological polar surface area (TPSA) is 62.3 Å². The molecule has 1 saturated heterocycles. The number of rotatable bonds is 10. The van der Waals surface area contributed by atoms with Gasteiger partial charge in [-0.3, -0.25) is 9.71 Å². The molecule has 6 heteroatoms. The van der Waals surface area contributed by atoms with Gasteiger partial charge in [0.1, 0.15) is 0 Å². The van der Waals surface area contributed by atoms with Crippen LogP contribution in [0.25, 0.3) is 10.9 Å². The molecule has 1 N–H and O–H groups in total. The van der Waals surface area contributed by atoms with Crippen molar-refractivity contribution in [2.45, 2.75) is 63.7 Å². The van der Waals surface area contributed by atoms with Crippen molar-refractivity contribution in [3.05, 3.63) is 65.9 Å². The summed E-state index contributed by atoms with van der Waals surface area (Å²) in [5, 5.41) is 0.829. The minimum Gasteiger partial charge on any atom is -0.306 e. The molecule has 2 aromatic carbocycles. The molecule has 4 rings (SSSR count). The maximum Gasteiger partial charge on any atom is 0.261 e. The van der Waals surface area contributed by atoms with Crippen LogP contribution in [0.2, 0.25) is 0 Å². The Hall–Kier alpha value is -2.44. The van der Waals surface area contributed by atoms with Crippen LogP contribution in [0.1, 0.15) is 57.1 Å². The van der Waals surface area contributed by atoms with E-state index in [1.807, 2.05) is 36.4 Å². The summed E-state index contributed by atoms with van der Waals surface area (Å²) in [7, 11) is -1.50. The van der Waals surface area contributed by atoms with E-state index in [0.717, 1.165) is 41.6 Å². The van der Waals surface area contributed by atoms with E-state index in [4.69, 9.17) is 0 Å². The first kappa shape index (κ1) is 25.6. The van der Waals surface area contributed by atoms with Crippen molar-refractivity contribution >= 4 is 26.6 Å². The van der Waals surface area contributed by atoms with Crippen LogP contribution in [0, 0.1) is 11.8 Å². The van der Waals surface area contributed by atoms with Crippen molar-refractivity contribution in [3.63, 3.8) is 0 Å². The molecule has 5 nitrogen and oxygen atoms in total. The van der Waals surface area contributed by atoms with Gasteiger partial charge in [0.25, 0.3) is 10.0 Å². The molecule has 1 aliphatic rings. The number of hydrogen-bond donors (Lipinski definition) is 1. The summed E-state index contributed by atoms with van der Waals surface area (Å²) in [6, 6.07) is 15.1. The molecule has 0 spiro atoms. The Kier molecular flexibility index (Phi) is 8.45. The van der Waals surface area contributed by atoms with Gasteiger partial charge in [-0.2, -0.15) is 0 Å². The normalized spacial score (nSPS) is 15.7. The smallest absolute Gasteiger partial charge is 0.261 e. The van der Waals surface area contributed by atoms with Crippen LogP contribution in [-0.4, -0.2) is 38.4 Å². The Balaban J connectivity index is 1.41. The molecular formula is C29H39N3O2S. The minimum atomic E-state index is -3.71. The number of aromatic nitrogens is 1. The zero-order valence-corrected chi connectivity index (χ0v) is 22.2. The van der Waals surface area contributed by atoms with E-state index in [-0.39, 0.29) is 0 Å². The van der Waals surface area contributed by atoms with Gasteiger partial charge in [-0.15, -0.1) is 0 Å². The second kappa shape index (κ2) is 11.5. The number of nitrogens with one attached hydrogen (secondary N) is 1. The summed E-state index contributed by atoms with van der Waals surface area (Å²) in [5.74, 6) is 1.28. The van der Waals surface area contributed by atoms with Gasteiger partial charge in [0.2, 0.25) is 0 Å². The van der Waals surface area contributed by atoms with E-state index in [1.54, 1.807) is 18.3 Å². The first-order chi connectivity index (χ1) is 16.8. The Morgan fingerprint density at radius 3 is 2.49 bits per heavy atom. The number of nitrogens with zero attached hydrogens (tertiary/aromatic N) is 2. The first-order valence-electron chi connectivity index (χ1n) is 13.0. The lowest BCUT2D eigenvalue weighted by molar-refractivity contribution is 0.210. The van der Waals surface area contributed by atoms with Crippen molar-refractivity contribution in [3.8, 4) is 0 Å². The Labute approximate surface area is 211 Å². The van der Waals surface area contributed by atoms with E-state index >= 15 is 0 Å². The number of benzene rings is 2. The molecule has 188 valence electrons. The average Bonchev–Trinajstić information content (AvgIpc) is 2.84. The second-order valence-corrected chi connectivity index (χ2v) is 12.2. The molecule has 0 atom stereocenters. The predicted octanol–water partition coefficient (Wildman–Crippen LogP) is 6.29. The Morgan fingerprint density at radius 1 is 1.03 bits per heavy atom. The summed E-state index contributed by atoms with van der Waals surface area (Å²) in [5.41, 5.74) is 3.61. The van der Waals surface area contributed by atoms with Crippen LogP contribution in [0.4, 0.5) is 5.69 Å². The van der Waals surface area contributed by atoms with E-state index in [9.17, 15) is 8.42 Å². The first-order valence-corrected chi connectivity index (χ1v) is 14.5. The molecule has 1 aliphatic heterocycles. The van der Waals surface area contributed by atoms with Crippen LogP contribution < -0.4 is 4.72 Å². The summed E-state index contributed by atoms with van der Waals surface area (Å²) in [6.07, 6.45) is 9.86. The quantitative estimate of drug-likeness (QED) is 0.337. The number of fused-ring (bicyclic) bond motifs is 1. The maximum atomic E-state index is 13.3. The minimum absolute atomic E-state index is 0.295. The fourth-order valence-electron chi connectivity index (χ4n) is 5.07. The molecule has 3 aromatic rings. The second-order valence-electron chi connectivity index (χ2n) is 10.5. The van der Waals surface area contributed by atoms with E-state index in [2.05, 4.69) is 35.5 Å². The molecule has 2 heterocycles. The molecule has 0 radical (unpaired) electrons. The third kappa shape index (κ3) is 6.83. The van der Waals surface area contributed by atoms with Crippen molar-refractivity contribution in [2.24, 2.45) is 11.8 Å². The molecule has 0 bridgehead atoms. The highest BCUT2D eigenvalue weighted by Crippen LogP contribution is 2.30. The van der Waals surface area contributed by atoms with Gasteiger partial charge in [0.15, 0.2) is 0 Å². The number of unbranched alkanes of at least 4 members (excludes halogenated alkanes) is 1. The molecule has 1 aromatic heterocycles. The summed E-state index contributed by atoms with van der Waals surface area (Å²) >= 11 is 0. The summed E-state index contributed by atoms with van der Waals surface area (Å²) in [4.78, 5) is 7.12. The lowest BCUT2D eigenvalue weighted by atomic mass is 9.91. The summed E-state index contributed by atoms with van der Waals surface area (Å²) in [6.45, 7) is 6.72. The highest BCUT2D eigenvalue weighted by Gasteiger charge is 2.19. The molecule has 35 heavy (non-hydrogen) atoms. The monoisotopic (exact) mass is 493 g/mol. The van der Waals surface area contributed by atoms with Gasteiger partial charge in [0, 0.05) is 11.6 Å².